The summed E-state index contributed by atoms with van der Waals surface area (Å²) in [5, 5.41) is 2.48. The van der Waals surface area contributed by atoms with Crippen molar-refractivity contribution in [2.75, 3.05) is 4.90 Å². The molecule has 64 heavy (non-hydrogen) atoms. The molecule has 0 saturated carbocycles. The first-order valence-corrected chi connectivity index (χ1v) is 22.8. The van der Waals surface area contributed by atoms with E-state index in [1.165, 1.54) is 94.1 Å². The van der Waals surface area contributed by atoms with Gasteiger partial charge in [0.25, 0.3) is 0 Å². The van der Waals surface area contributed by atoms with Crippen molar-refractivity contribution in [3.63, 3.8) is 0 Å². The largest absolute Gasteiger partial charge is 0.310 e. The zero-order chi connectivity index (χ0) is 43.1. The van der Waals surface area contributed by atoms with Crippen LogP contribution >= 0.6 is 0 Å². The Morgan fingerprint density at radius 1 is 0.328 bits per heavy atom. The predicted molar refractivity (Wildman–Crippen MR) is 268 cm³/mol. The number of rotatable bonds is 5. The fourth-order valence-corrected chi connectivity index (χ4v) is 12.2. The van der Waals surface area contributed by atoms with Crippen molar-refractivity contribution in [2.45, 2.75) is 50.9 Å². The molecule has 10 aromatic rings. The van der Waals surface area contributed by atoms with Crippen LogP contribution in [-0.4, -0.2) is 4.57 Å². The van der Waals surface area contributed by atoms with Crippen LogP contribution in [0.5, 0.6) is 0 Å². The van der Waals surface area contributed by atoms with Crippen LogP contribution < -0.4 is 4.90 Å². The van der Waals surface area contributed by atoms with E-state index >= 15 is 0 Å². The molecule has 9 aromatic carbocycles. The average Bonchev–Trinajstić information content (AvgIpc) is 3.96. The highest BCUT2D eigenvalue weighted by atomic mass is 15.1. The summed E-state index contributed by atoms with van der Waals surface area (Å²) in [6.07, 6.45) is 0. The van der Waals surface area contributed by atoms with Gasteiger partial charge in [0.15, 0.2) is 0 Å². The molecular formula is C62H48N2. The summed E-state index contributed by atoms with van der Waals surface area (Å²) in [5.41, 5.74) is 23.9. The number of nitrogens with zero attached hydrogens (tertiary/aromatic N) is 2. The molecule has 0 aliphatic heterocycles. The molecule has 3 aliphatic carbocycles. The second kappa shape index (κ2) is 13.1. The fraction of sp³-hybridized carbons (Fsp3) is 0.129. The second-order valence-corrected chi connectivity index (χ2v) is 19.5. The van der Waals surface area contributed by atoms with Crippen molar-refractivity contribution >= 4 is 38.9 Å². The quantitative estimate of drug-likeness (QED) is 0.168. The molecule has 0 spiro atoms. The van der Waals surface area contributed by atoms with Crippen LogP contribution in [0.3, 0.4) is 0 Å². The molecule has 0 atom stereocenters. The summed E-state index contributed by atoms with van der Waals surface area (Å²) in [7, 11) is 0. The Kier molecular flexibility index (Phi) is 7.59. The van der Waals surface area contributed by atoms with Crippen LogP contribution in [0.25, 0.3) is 60.9 Å². The monoisotopic (exact) mass is 820 g/mol. The van der Waals surface area contributed by atoms with Crippen LogP contribution in [-0.2, 0) is 16.2 Å². The molecule has 0 radical (unpaired) electrons. The SMILES string of the molecule is CC1(C)c2ccccc2-c2cc(N(c3ccc4c(c3)C(C)(C)c3ccccc3-4)c3ccc4c(c3)c3cc(C5(C)c6ccccc6-c6ccccc65)ccc3n4-c3ccccc3)ccc21. The van der Waals surface area contributed by atoms with Crippen molar-refractivity contribution in [3.05, 3.63) is 239 Å². The van der Waals surface area contributed by atoms with Gasteiger partial charge in [0.1, 0.15) is 0 Å². The summed E-state index contributed by atoms with van der Waals surface area (Å²) in [6, 6.07) is 75.5. The standard InChI is InChI=1S/C62H48N2/c1-60(2)53-24-14-10-22-47(53)49-36-41(29-32-54(49)60)63(43-28-31-48-44-19-9-13-23-52(44)61(3,4)57(48)38-43)42-30-34-59-51(37-42)50-35-39(27-33-58(50)64(59)40-17-7-6-8-18-40)62(5)55-25-15-11-20-45(55)46-21-12-16-26-56(46)62/h6-38H,1-5H3. The van der Waals surface area contributed by atoms with Gasteiger partial charge in [-0.1, -0.05) is 161 Å². The van der Waals surface area contributed by atoms with Crippen LogP contribution in [0, 0.1) is 0 Å². The molecule has 2 nitrogen and oxygen atoms in total. The molecular weight excluding hydrogens is 773 g/mol. The maximum Gasteiger partial charge on any atom is 0.0542 e. The summed E-state index contributed by atoms with van der Waals surface area (Å²) >= 11 is 0. The molecule has 0 unspecified atom stereocenters. The smallest absolute Gasteiger partial charge is 0.0542 e. The van der Waals surface area contributed by atoms with E-state index < -0.39 is 0 Å². The summed E-state index contributed by atoms with van der Waals surface area (Å²) < 4.78 is 2.45. The molecule has 0 fully saturated rings. The van der Waals surface area contributed by atoms with Gasteiger partial charge >= 0.3 is 0 Å². The summed E-state index contributed by atoms with van der Waals surface area (Å²) in [4.78, 5) is 2.51. The first-order valence-electron chi connectivity index (χ1n) is 22.8. The van der Waals surface area contributed by atoms with E-state index in [9.17, 15) is 0 Å². The molecule has 0 saturated heterocycles. The Morgan fingerprint density at radius 2 is 0.766 bits per heavy atom. The van der Waals surface area contributed by atoms with Crippen molar-refractivity contribution in [1.82, 2.24) is 4.57 Å². The Labute approximate surface area is 375 Å². The Hall–Kier alpha value is -7.42. The van der Waals surface area contributed by atoms with Gasteiger partial charge in [-0.2, -0.15) is 0 Å². The van der Waals surface area contributed by atoms with Gasteiger partial charge in [0, 0.05) is 49.8 Å². The number of para-hydroxylation sites is 1. The van der Waals surface area contributed by atoms with Gasteiger partial charge in [0.2, 0.25) is 0 Å². The Balaban J connectivity index is 1.06. The van der Waals surface area contributed by atoms with E-state index in [4.69, 9.17) is 0 Å². The number of aromatic nitrogens is 1. The van der Waals surface area contributed by atoms with E-state index in [-0.39, 0.29) is 16.2 Å². The third-order valence-electron chi connectivity index (χ3n) is 15.5. The topological polar surface area (TPSA) is 8.17 Å². The number of benzene rings is 9. The van der Waals surface area contributed by atoms with Gasteiger partial charge < -0.3 is 9.47 Å². The van der Waals surface area contributed by atoms with Gasteiger partial charge in [-0.15, -0.1) is 0 Å². The first kappa shape index (κ1) is 37.2. The van der Waals surface area contributed by atoms with E-state index in [1.807, 2.05) is 0 Å². The summed E-state index contributed by atoms with van der Waals surface area (Å²) in [5.74, 6) is 0. The molecule has 306 valence electrons. The van der Waals surface area contributed by atoms with Crippen LogP contribution in [0.4, 0.5) is 17.1 Å². The molecule has 0 bridgehead atoms. The lowest BCUT2D eigenvalue weighted by Gasteiger charge is -2.29. The second-order valence-electron chi connectivity index (χ2n) is 19.5. The van der Waals surface area contributed by atoms with Crippen molar-refractivity contribution < 1.29 is 0 Å². The highest BCUT2D eigenvalue weighted by molar-refractivity contribution is 6.11. The van der Waals surface area contributed by atoms with E-state index in [2.05, 4.69) is 244 Å². The van der Waals surface area contributed by atoms with E-state index in [0.717, 1.165) is 22.7 Å². The van der Waals surface area contributed by atoms with Crippen LogP contribution in [0.15, 0.2) is 200 Å². The number of fused-ring (bicyclic) bond motifs is 12. The van der Waals surface area contributed by atoms with Crippen LogP contribution in [0.1, 0.15) is 73.6 Å². The third-order valence-corrected chi connectivity index (χ3v) is 15.5. The molecule has 0 N–H and O–H groups in total. The highest BCUT2D eigenvalue weighted by Crippen LogP contribution is 2.55. The van der Waals surface area contributed by atoms with Crippen molar-refractivity contribution in [1.29, 1.82) is 0 Å². The zero-order valence-corrected chi connectivity index (χ0v) is 36.9. The first-order chi connectivity index (χ1) is 31.1. The van der Waals surface area contributed by atoms with Gasteiger partial charge in [-0.05, 0) is 146 Å². The normalized spacial score (nSPS) is 15.3. The predicted octanol–water partition coefficient (Wildman–Crippen LogP) is 16.2. The number of hydrogen-bond acceptors (Lipinski definition) is 1. The van der Waals surface area contributed by atoms with E-state index in [0.29, 0.717) is 0 Å². The maximum absolute atomic E-state index is 2.51. The highest BCUT2D eigenvalue weighted by Gasteiger charge is 2.41. The molecule has 1 aromatic heterocycles. The lowest BCUT2D eigenvalue weighted by molar-refractivity contribution is 0.660. The lowest BCUT2D eigenvalue weighted by Crippen LogP contribution is -2.22. The van der Waals surface area contributed by atoms with Crippen molar-refractivity contribution in [3.8, 4) is 39.1 Å². The average molecular weight is 821 g/mol. The van der Waals surface area contributed by atoms with E-state index in [1.54, 1.807) is 0 Å². The molecule has 2 heteroatoms. The Morgan fingerprint density at radius 3 is 1.42 bits per heavy atom. The maximum atomic E-state index is 2.51. The molecule has 13 rings (SSSR count). The zero-order valence-electron chi connectivity index (χ0n) is 36.9. The minimum Gasteiger partial charge on any atom is -0.310 e. The van der Waals surface area contributed by atoms with Crippen molar-refractivity contribution in [2.24, 2.45) is 0 Å². The fourth-order valence-electron chi connectivity index (χ4n) is 12.2. The number of anilines is 3. The van der Waals surface area contributed by atoms with Crippen LogP contribution in [0.2, 0.25) is 0 Å². The van der Waals surface area contributed by atoms with Gasteiger partial charge in [-0.3, -0.25) is 0 Å². The van der Waals surface area contributed by atoms with Gasteiger partial charge in [0.05, 0.1) is 11.0 Å². The molecule has 1 heterocycles. The summed E-state index contributed by atoms with van der Waals surface area (Å²) in [6.45, 7) is 11.9. The third kappa shape index (κ3) is 4.91. The van der Waals surface area contributed by atoms with Gasteiger partial charge in [-0.25, -0.2) is 0 Å². The Bertz CT molecular complexity index is 3540. The minimum atomic E-state index is -0.310. The number of hydrogen-bond donors (Lipinski definition) is 0. The molecule has 0 amide bonds. The lowest BCUT2D eigenvalue weighted by atomic mass is 9.74. The minimum absolute atomic E-state index is 0.0779. The molecule has 3 aliphatic rings.